The minimum atomic E-state index is -0.333. The monoisotopic (exact) mass is 361 g/mol. The van der Waals surface area contributed by atoms with E-state index in [1.54, 1.807) is 18.2 Å². The van der Waals surface area contributed by atoms with E-state index in [0.29, 0.717) is 13.2 Å². The van der Waals surface area contributed by atoms with Gasteiger partial charge in [0.1, 0.15) is 12.9 Å². The number of halogens is 1. The number of fused-ring (bicyclic) bond motifs is 1. The largest absolute Gasteiger partial charge is 0.489 e. The normalized spacial score (nSPS) is 11.0. The Morgan fingerprint density at radius 2 is 1.70 bits per heavy atom. The van der Waals surface area contributed by atoms with Crippen molar-refractivity contribution in [2.45, 2.75) is 6.54 Å². The Morgan fingerprint density at radius 1 is 0.926 bits per heavy atom. The van der Waals surface area contributed by atoms with Crippen molar-refractivity contribution in [3.63, 3.8) is 0 Å². The molecule has 0 aliphatic rings. The molecule has 0 spiro atoms. The van der Waals surface area contributed by atoms with E-state index in [2.05, 4.69) is 45.2 Å². The maximum atomic E-state index is 13.5. The second-order valence-corrected chi connectivity index (χ2v) is 6.23. The van der Waals surface area contributed by atoms with E-state index in [-0.39, 0.29) is 11.6 Å². The number of imidazole rings is 1. The van der Waals surface area contributed by atoms with Gasteiger partial charge in [-0.3, -0.25) is 4.57 Å². The second kappa shape index (κ2) is 8.01. The average Bonchev–Trinajstić information content (AvgIpc) is 3.14. The molecule has 0 bridgehead atoms. The number of benzene rings is 3. The van der Waals surface area contributed by atoms with Gasteiger partial charge in [-0.25, -0.2) is 9.37 Å². The Bertz CT molecular complexity index is 1030. The lowest BCUT2D eigenvalue weighted by Crippen LogP contribution is -2.20. The third-order valence-electron chi connectivity index (χ3n) is 4.37. The molecule has 27 heavy (non-hydrogen) atoms. The van der Waals surface area contributed by atoms with E-state index in [4.69, 9.17) is 4.74 Å². The summed E-state index contributed by atoms with van der Waals surface area (Å²) in [6.07, 6.45) is 1.85. The van der Waals surface area contributed by atoms with Gasteiger partial charge in [0, 0.05) is 18.8 Å². The zero-order valence-corrected chi connectivity index (χ0v) is 14.8. The van der Waals surface area contributed by atoms with Gasteiger partial charge in [0.2, 0.25) is 0 Å². The lowest BCUT2D eigenvalue weighted by atomic mass is 10.2. The third-order valence-corrected chi connectivity index (χ3v) is 4.37. The molecule has 0 aliphatic heterocycles. The number of aromatic nitrogens is 2. The van der Waals surface area contributed by atoms with Crippen LogP contribution in [-0.2, 0) is 6.54 Å². The van der Waals surface area contributed by atoms with Gasteiger partial charge in [-0.05, 0) is 42.0 Å². The predicted molar refractivity (Wildman–Crippen MR) is 105 cm³/mol. The molecule has 4 aromatic rings. The Morgan fingerprint density at radius 3 is 2.56 bits per heavy atom. The summed E-state index contributed by atoms with van der Waals surface area (Å²) in [6, 6.07) is 22.9. The number of para-hydroxylation sites is 3. The van der Waals surface area contributed by atoms with Gasteiger partial charge in [0.25, 0.3) is 0 Å². The Hall–Kier alpha value is -3.18. The molecule has 5 heteroatoms. The quantitative estimate of drug-likeness (QED) is 0.498. The highest BCUT2D eigenvalue weighted by Gasteiger charge is 2.04. The molecule has 0 saturated heterocycles. The topological polar surface area (TPSA) is 39.1 Å². The highest BCUT2D eigenvalue weighted by atomic mass is 19.1. The van der Waals surface area contributed by atoms with Crippen molar-refractivity contribution in [2.24, 2.45) is 0 Å². The van der Waals surface area contributed by atoms with E-state index in [1.807, 2.05) is 24.5 Å². The fourth-order valence-electron chi connectivity index (χ4n) is 2.97. The van der Waals surface area contributed by atoms with Crippen molar-refractivity contribution < 1.29 is 9.13 Å². The summed E-state index contributed by atoms with van der Waals surface area (Å²) in [4.78, 5) is 4.43. The summed E-state index contributed by atoms with van der Waals surface area (Å²) in [5.41, 5.74) is 4.33. The molecule has 0 aliphatic carbocycles. The van der Waals surface area contributed by atoms with E-state index in [1.165, 1.54) is 11.6 Å². The highest BCUT2D eigenvalue weighted by Crippen LogP contribution is 2.18. The fraction of sp³-hybridized carbons (Fsp3) is 0.136. The van der Waals surface area contributed by atoms with Crippen LogP contribution in [0.1, 0.15) is 5.56 Å². The molecular formula is C22H20FN3O. The SMILES string of the molecule is Fc1ccccc1OCCNCc1ccc(-n2cnc3ccccc32)cc1. The first kappa shape index (κ1) is 17.2. The molecule has 136 valence electrons. The van der Waals surface area contributed by atoms with Crippen molar-refractivity contribution in [2.75, 3.05) is 13.2 Å². The number of nitrogens with one attached hydrogen (secondary N) is 1. The summed E-state index contributed by atoms with van der Waals surface area (Å²) in [6.45, 7) is 1.79. The first-order valence-corrected chi connectivity index (χ1v) is 8.91. The van der Waals surface area contributed by atoms with E-state index >= 15 is 0 Å². The molecule has 1 aromatic heterocycles. The standard InChI is InChI=1S/C22H20FN3O/c23-19-5-1-4-8-22(19)27-14-13-24-15-17-9-11-18(12-10-17)26-16-25-20-6-2-3-7-21(20)26/h1-12,16,24H,13-15H2. The van der Waals surface area contributed by atoms with E-state index < -0.39 is 0 Å². The van der Waals surface area contributed by atoms with Crippen molar-refractivity contribution in [1.29, 1.82) is 0 Å². The van der Waals surface area contributed by atoms with Crippen LogP contribution in [0.15, 0.2) is 79.1 Å². The number of ether oxygens (including phenoxy) is 1. The molecule has 4 rings (SSSR count). The van der Waals surface area contributed by atoms with Crippen LogP contribution in [0.25, 0.3) is 16.7 Å². The lowest BCUT2D eigenvalue weighted by molar-refractivity contribution is 0.298. The average molecular weight is 361 g/mol. The molecule has 0 saturated carbocycles. The predicted octanol–water partition coefficient (Wildman–Crippen LogP) is 4.33. The summed E-state index contributed by atoms with van der Waals surface area (Å²) in [7, 11) is 0. The van der Waals surface area contributed by atoms with Gasteiger partial charge in [-0.1, -0.05) is 36.4 Å². The van der Waals surface area contributed by atoms with Gasteiger partial charge in [0.05, 0.1) is 11.0 Å². The van der Waals surface area contributed by atoms with Crippen molar-refractivity contribution in [1.82, 2.24) is 14.9 Å². The maximum absolute atomic E-state index is 13.5. The molecule has 1 N–H and O–H groups in total. The minimum Gasteiger partial charge on any atom is -0.489 e. The molecule has 0 amide bonds. The molecule has 4 nitrogen and oxygen atoms in total. The number of hydrogen-bond acceptors (Lipinski definition) is 3. The summed E-state index contributed by atoms with van der Waals surface area (Å²) < 4.78 is 21.0. The van der Waals surface area contributed by atoms with E-state index in [0.717, 1.165) is 23.3 Å². The Labute approximate surface area is 157 Å². The number of hydrogen-bond donors (Lipinski definition) is 1. The van der Waals surface area contributed by atoms with Crippen LogP contribution in [0.4, 0.5) is 4.39 Å². The van der Waals surface area contributed by atoms with Crippen LogP contribution >= 0.6 is 0 Å². The molecule has 0 atom stereocenters. The zero-order chi connectivity index (χ0) is 18.5. The van der Waals surface area contributed by atoms with Crippen LogP contribution in [0.2, 0.25) is 0 Å². The van der Waals surface area contributed by atoms with Gasteiger partial charge in [-0.2, -0.15) is 0 Å². The van der Waals surface area contributed by atoms with Crippen LogP contribution in [0.5, 0.6) is 5.75 Å². The first-order chi connectivity index (χ1) is 13.3. The molecule has 3 aromatic carbocycles. The summed E-state index contributed by atoms with van der Waals surface area (Å²) in [5, 5.41) is 3.31. The van der Waals surface area contributed by atoms with Crippen LogP contribution in [-0.4, -0.2) is 22.7 Å². The summed E-state index contributed by atoms with van der Waals surface area (Å²) >= 11 is 0. The Balaban J connectivity index is 1.30. The van der Waals surface area contributed by atoms with Gasteiger partial charge >= 0.3 is 0 Å². The van der Waals surface area contributed by atoms with E-state index in [9.17, 15) is 4.39 Å². The van der Waals surface area contributed by atoms with Gasteiger partial charge < -0.3 is 10.1 Å². The lowest BCUT2D eigenvalue weighted by Gasteiger charge is -2.09. The third kappa shape index (κ3) is 3.99. The zero-order valence-electron chi connectivity index (χ0n) is 14.8. The first-order valence-electron chi connectivity index (χ1n) is 8.91. The molecule has 0 fully saturated rings. The highest BCUT2D eigenvalue weighted by molar-refractivity contribution is 5.77. The number of rotatable bonds is 7. The van der Waals surface area contributed by atoms with Crippen molar-refractivity contribution in [3.05, 3.63) is 90.5 Å². The van der Waals surface area contributed by atoms with Crippen LogP contribution in [0.3, 0.4) is 0 Å². The molecule has 1 heterocycles. The second-order valence-electron chi connectivity index (χ2n) is 6.23. The van der Waals surface area contributed by atoms with Crippen molar-refractivity contribution >= 4 is 11.0 Å². The number of nitrogens with zero attached hydrogens (tertiary/aromatic N) is 2. The molecule has 0 radical (unpaired) electrons. The van der Waals surface area contributed by atoms with Gasteiger partial charge in [0.15, 0.2) is 11.6 Å². The maximum Gasteiger partial charge on any atom is 0.165 e. The fourth-order valence-corrected chi connectivity index (χ4v) is 2.97. The smallest absolute Gasteiger partial charge is 0.165 e. The van der Waals surface area contributed by atoms with Gasteiger partial charge in [-0.15, -0.1) is 0 Å². The Kier molecular flexibility index (Phi) is 5.12. The van der Waals surface area contributed by atoms with Crippen LogP contribution < -0.4 is 10.1 Å². The molecule has 0 unspecified atom stereocenters. The summed E-state index contributed by atoms with van der Waals surface area (Å²) in [5.74, 6) is -0.0451. The van der Waals surface area contributed by atoms with Crippen molar-refractivity contribution in [3.8, 4) is 11.4 Å². The minimum absolute atomic E-state index is 0.288. The van der Waals surface area contributed by atoms with Crippen LogP contribution in [0, 0.1) is 5.82 Å². The molecular weight excluding hydrogens is 341 g/mol.